The van der Waals surface area contributed by atoms with E-state index in [4.69, 9.17) is 22.0 Å². The van der Waals surface area contributed by atoms with Crippen LogP contribution in [0.2, 0.25) is 5.02 Å². The van der Waals surface area contributed by atoms with E-state index < -0.39 is 0 Å². The van der Waals surface area contributed by atoms with E-state index in [9.17, 15) is 0 Å². The van der Waals surface area contributed by atoms with Crippen LogP contribution in [0.15, 0.2) is 24.4 Å². The van der Waals surface area contributed by atoms with E-state index >= 15 is 0 Å². The van der Waals surface area contributed by atoms with Gasteiger partial charge < -0.3 is 5.11 Å². The summed E-state index contributed by atoms with van der Waals surface area (Å²) in [5.41, 5.74) is 1.75. The molecule has 102 valence electrons. The predicted molar refractivity (Wildman–Crippen MR) is 80.1 cm³/mol. The van der Waals surface area contributed by atoms with Crippen molar-refractivity contribution in [2.24, 2.45) is 0 Å². The van der Waals surface area contributed by atoms with Gasteiger partial charge in [0, 0.05) is 11.6 Å². The number of halogens is 1. The minimum atomic E-state index is -0.100. The molecule has 1 aromatic heterocycles. The molecular weight excluding hydrogens is 260 g/mol. The molecule has 1 aromatic carbocycles. The molecule has 0 bridgehead atoms. The number of hydrogen-bond donors (Lipinski definition) is 1. The number of aromatic nitrogens is 1. The average molecular weight is 279 g/mol. The maximum Gasteiger partial charge on any atom is 0.101 e. The third kappa shape index (κ3) is 4.51. The SMILES string of the molecule is CC.CC.N#Cc1cc(CO)cc2cc(Cl)cnc12. The Morgan fingerprint density at radius 3 is 2.37 bits per heavy atom. The Bertz CT molecular complexity index is 562. The van der Waals surface area contributed by atoms with Crippen LogP contribution >= 0.6 is 11.6 Å². The Kier molecular flexibility index (Phi) is 8.52. The fraction of sp³-hybridized carbons (Fsp3) is 0.333. The van der Waals surface area contributed by atoms with Crippen molar-refractivity contribution in [1.82, 2.24) is 4.98 Å². The standard InChI is InChI=1S/C11H7ClN2O.2C2H6/c12-10-3-8-1-7(6-15)2-9(4-13)11(8)14-5-10;2*1-2/h1-3,5,15H,6H2;2*1-2H3. The number of fused-ring (bicyclic) bond motifs is 1. The van der Waals surface area contributed by atoms with Crippen LogP contribution in [0.3, 0.4) is 0 Å². The lowest BCUT2D eigenvalue weighted by Crippen LogP contribution is -1.89. The lowest BCUT2D eigenvalue weighted by molar-refractivity contribution is 0.282. The van der Waals surface area contributed by atoms with Crippen LogP contribution in [0.1, 0.15) is 38.8 Å². The van der Waals surface area contributed by atoms with Crippen LogP contribution in [0.25, 0.3) is 10.9 Å². The van der Waals surface area contributed by atoms with E-state index in [0.29, 0.717) is 21.7 Å². The second-order valence-electron chi connectivity index (χ2n) is 3.14. The Morgan fingerprint density at radius 2 is 1.84 bits per heavy atom. The van der Waals surface area contributed by atoms with E-state index in [1.807, 2.05) is 33.8 Å². The molecular formula is C15H19ClN2O. The van der Waals surface area contributed by atoms with Crippen LogP contribution in [-0.2, 0) is 6.61 Å². The summed E-state index contributed by atoms with van der Waals surface area (Å²) in [4.78, 5) is 4.09. The summed E-state index contributed by atoms with van der Waals surface area (Å²) in [6.45, 7) is 7.90. The number of aliphatic hydroxyl groups is 1. The Balaban J connectivity index is 0.000000741. The minimum Gasteiger partial charge on any atom is -0.392 e. The first-order chi connectivity index (χ1) is 9.24. The van der Waals surface area contributed by atoms with Crippen molar-refractivity contribution in [3.63, 3.8) is 0 Å². The van der Waals surface area contributed by atoms with Crippen molar-refractivity contribution in [2.45, 2.75) is 34.3 Å². The molecule has 0 fully saturated rings. The van der Waals surface area contributed by atoms with E-state index in [1.54, 1.807) is 18.2 Å². The lowest BCUT2D eigenvalue weighted by atomic mass is 10.1. The molecule has 19 heavy (non-hydrogen) atoms. The molecule has 0 aliphatic carbocycles. The van der Waals surface area contributed by atoms with Gasteiger partial charge in [0.25, 0.3) is 0 Å². The van der Waals surface area contributed by atoms with Crippen LogP contribution in [0, 0.1) is 11.3 Å². The normalized spacial score (nSPS) is 8.68. The van der Waals surface area contributed by atoms with Gasteiger partial charge in [-0.2, -0.15) is 5.26 Å². The summed E-state index contributed by atoms with van der Waals surface area (Å²) in [6.07, 6.45) is 1.50. The molecule has 2 aromatic rings. The van der Waals surface area contributed by atoms with Crippen molar-refractivity contribution in [2.75, 3.05) is 0 Å². The van der Waals surface area contributed by atoms with Gasteiger partial charge in [0.2, 0.25) is 0 Å². The highest BCUT2D eigenvalue weighted by molar-refractivity contribution is 6.31. The van der Waals surface area contributed by atoms with Gasteiger partial charge in [-0.25, -0.2) is 0 Å². The van der Waals surface area contributed by atoms with Crippen molar-refractivity contribution in [3.05, 3.63) is 40.5 Å². The van der Waals surface area contributed by atoms with Crippen molar-refractivity contribution in [3.8, 4) is 6.07 Å². The fourth-order valence-electron chi connectivity index (χ4n) is 1.46. The molecule has 0 saturated heterocycles. The number of nitriles is 1. The molecule has 0 atom stereocenters. The van der Waals surface area contributed by atoms with E-state index in [2.05, 4.69) is 4.98 Å². The van der Waals surface area contributed by atoms with Crippen LogP contribution in [-0.4, -0.2) is 10.1 Å². The van der Waals surface area contributed by atoms with E-state index in [0.717, 1.165) is 5.39 Å². The minimum absolute atomic E-state index is 0.100. The molecule has 0 spiro atoms. The lowest BCUT2D eigenvalue weighted by Gasteiger charge is -2.03. The number of benzene rings is 1. The van der Waals surface area contributed by atoms with Gasteiger partial charge in [-0.1, -0.05) is 39.3 Å². The summed E-state index contributed by atoms with van der Waals surface area (Å²) in [6, 6.07) is 7.17. The number of rotatable bonds is 1. The van der Waals surface area contributed by atoms with Crippen LogP contribution < -0.4 is 0 Å². The van der Waals surface area contributed by atoms with Gasteiger partial charge >= 0.3 is 0 Å². The molecule has 1 N–H and O–H groups in total. The molecule has 0 aliphatic rings. The largest absolute Gasteiger partial charge is 0.392 e. The highest BCUT2D eigenvalue weighted by Crippen LogP contribution is 2.21. The molecule has 0 amide bonds. The Hall–Kier alpha value is -1.63. The van der Waals surface area contributed by atoms with Gasteiger partial charge in [0.1, 0.15) is 6.07 Å². The second-order valence-corrected chi connectivity index (χ2v) is 3.57. The number of nitrogens with zero attached hydrogens (tertiary/aromatic N) is 2. The topological polar surface area (TPSA) is 56.9 Å². The third-order valence-corrected chi connectivity index (χ3v) is 2.32. The molecule has 0 saturated carbocycles. The van der Waals surface area contributed by atoms with Crippen molar-refractivity contribution >= 4 is 22.5 Å². The molecule has 4 heteroatoms. The second kappa shape index (κ2) is 9.32. The summed E-state index contributed by atoms with van der Waals surface area (Å²) >= 11 is 5.80. The zero-order chi connectivity index (χ0) is 14.8. The van der Waals surface area contributed by atoms with Gasteiger partial charge in [-0.3, -0.25) is 4.98 Å². The smallest absolute Gasteiger partial charge is 0.101 e. The highest BCUT2D eigenvalue weighted by atomic mass is 35.5. The summed E-state index contributed by atoms with van der Waals surface area (Å²) in [5, 5.41) is 19.2. The number of hydrogen-bond acceptors (Lipinski definition) is 3. The first-order valence-electron chi connectivity index (χ1n) is 6.33. The molecule has 0 unspecified atom stereocenters. The Morgan fingerprint density at radius 1 is 1.21 bits per heavy atom. The van der Waals surface area contributed by atoms with Gasteiger partial charge in [-0.15, -0.1) is 0 Å². The van der Waals surface area contributed by atoms with Crippen molar-refractivity contribution < 1.29 is 5.11 Å². The maximum absolute atomic E-state index is 9.02. The predicted octanol–water partition coefficient (Wildman–Crippen LogP) is 4.30. The third-order valence-electron chi connectivity index (χ3n) is 2.11. The van der Waals surface area contributed by atoms with E-state index in [-0.39, 0.29) is 6.61 Å². The van der Waals surface area contributed by atoms with Gasteiger partial charge in [0.05, 0.1) is 22.7 Å². The quantitative estimate of drug-likeness (QED) is 0.846. The zero-order valence-corrected chi connectivity index (χ0v) is 12.5. The van der Waals surface area contributed by atoms with Crippen LogP contribution in [0.4, 0.5) is 0 Å². The summed E-state index contributed by atoms with van der Waals surface area (Å²) in [5.74, 6) is 0. The van der Waals surface area contributed by atoms with Gasteiger partial charge in [-0.05, 0) is 23.8 Å². The van der Waals surface area contributed by atoms with Gasteiger partial charge in [0.15, 0.2) is 0 Å². The molecule has 1 heterocycles. The summed E-state index contributed by atoms with van der Waals surface area (Å²) in [7, 11) is 0. The fourth-order valence-corrected chi connectivity index (χ4v) is 1.63. The first kappa shape index (κ1) is 17.4. The molecule has 0 radical (unpaired) electrons. The van der Waals surface area contributed by atoms with Crippen molar-refractivity contribution in [1.29, 1.82) is 5.26 Å². The first-order valence-corrected chi connectivity index (χ1v) is 6.71. The van der Waals surface area contributed by atoms with E-state index in [1.165, 1.54) is 6.20 Å². The number of aliphatic hydroxyl groups excluding tert-OH is 1. The summed E-state index contributed by atoms with van der Waals surface area (Å²) < 4.78 is 0. The maximum atomic E-state index is 9.02. The zero-order valence-electron chi connectivity index (χ0n) is 11.7. The Labute approximate surface area is 119 Å². The monoisotopic (exact) mass is 278 g/mol. The highest BCUT2D eigenvalue weighted by Gasteiger charge is 2.05. The average Bonchev–Trinajstić information content (AvgIpc) is 2.49. The molecule has 2 rings (SSSR count). The van der Waals surface area contributed by atoms with Crippen LogP contribution in [0.5, 0.6) is 0 Å². The molecule has 0 aliphatic heterocycles. The number of pyridine rings is 1. The molecule has 3 nitrogen and oxygen atoms in total.